The van der Waals surface area contributed by atoms with E-state index in [4.69, 9.17) is 0 Å². The number of benzene rings is 1. The first-order valence-electron chi connectivity index (χ1n) is 10.2. The highest BCUT2D eigenvalue weighted by molar-refractivity contribution is 6.03. The van der Waals surface area contributed by atoms with Crippen LogP contribution in [0.2, 0.25) is 0 Å². The molecular weight excluding hydrogens is 404 g/mol. The second-order valence-electron chi connectivity index (χ2n) is 8.06. The van der Waals surface area contributed by atoms with E-state index < -0.39 is 5.92 Å². The first kappa shape index (κ1) is 22.2. The monoisotopic (exact) mass is 432 g/mol. The van der Waals surface area contributed by atoms with E-state index in [1.165, 1.54) is 0 Å². The summed E-state index contributed by atoms with van der Waals surface area (Å²) in [4.78, 5) is 31.7. The van der Waals surface area contributed by atoms with Gasteiger partial charge in [0.2, 0.25) is 17.8 Å². The van der Waals surface area contributed by atoms with Crippen LogP contribution in [0.25, 0.3) is 0 Å². The second kappa shape index (κ2) is 9.14. The maximum Gasteiger partial charge on any atom is 0.232 e. The van der Waals surface area contributed by atoms with E-state index in [0.29, 0.717) is 18.4 Å². The molecule has 2 fully saturated rings. The smallest absolute Gasteiger partial charge is 0.232 e. The molecule has 2 amide bonds. The molecule has 3 heterocycles. The third-order valence-electron chi connectivity index (χ3n) is 6.08. The summed E-state index contributed by atoms with van der Waals surface area (Å²) in [6.45, 7) is 6.34. The van der Waals surface area contributed by atoms with Crippen molar-refractivity contribution in [3.8, 4) is 0 Å². The molecule has 2 N–H and O–H groups in total. The van der Waals surface area contributed by atoms with Gasteiger partial charge in [0.15, 0.2) is 5.82 Å². The van der Waals surface area contributed by atoms with Gasteiger partial charge in [-0.3, -0.25) is 14.9 Å². The Morgan fingerprint density at radius 1 is 1.23 bits per heavy atom. The van der Waals surface area contributed by atoms with Gasteiger partial charge in [-0.2, -0.15) is 10.1 Å². The summed E-state index contributed by atoms with van der Waals surface area (Å²) in [5, 5.41) is 10.7. The third kappa shape index (κ3) is 4.34. The molecule has 30 heavy (non-hydrogen) atoms. The van der Waals surface area contributed by atoms with E-state index in [1.54, 1.807) is 16.6 Å². The second-order valence-corrected chi connectivity index (χ2v) is 8.06. The minimum atomic E-state index is -0.401. The van der Waals surface area contributed by atoms with E-state index in [9.17, 15) is 9.59 Å². The van der Waals surface area contributed by atoms with Gasteiger partial charge in [-0.1, -0.05) is 12.1 Å². The van der Waals surface area contributed by atoms with Crippen molar-refractivity contribution in [1.82, 2.24) is 20.1 Å². The quantitative estimate of drug-likeness (QED) is 0.773. The summed E-state index contributed by atoms with van der Waals surface area (Å²) in [5.74, 6) is 0.943. The van der Waals surface area contributed by atoms with Crippen molar-refractivity contribution in [2.24, 2.45) is 13.0 Å². The number of halogens is 1. The number of hydrogen-bond donors (Lipinski definition) is 2. The molecule has 0 bridgehead atoms. The fourth-order valence-corrected chi connectivity index (χ4v) is 4.12. The molecule has 0 spiro atoms. The van der Waals surface area contributed by atoms with Gasteiger partial charge in [0, 0.05) is 31.6 Å². The molecular formula is C21H29ClN6O2. The Bertz CT molecular complexity index is 938. The van der Waals surface area contributed by atoms with Crippen LogP contribution in [-0.2, 0) is 16.6 Å². The number of hydrogen-bond acceptors (Lipinski definition) is 5. The lowest BCUT2D eigenvalue weighted by Gasteiger charge is -2.20. The van der Waals surface area contributed by atoms with E-state index in [1.807, 2.05) is 32.0 Å². The van der Waals surface area contributed by atoms with Crippen LogP contribution in [0.5, 0.6) is 0 Å². The van der Waals surface area contributed by atoms with Crippen LogP contribution in [0.3, 0.4) is 0 Å². The number of aryl methyl sites for hydroxylation is 2. The number of nitrogens with zero attached hydrogens (tertiary/aromatic N) is 4. The number of anilines is 2. The molecule has 8 nitrogen and oxygen atoms in total. The molecule has 0 radical (unpaired) electrons. The molecule has 1 aromatic heterocycles. The molecule has 9 heteroatoms. The van der Waals surface area contributed by atoms with Gasteiger partial charge in [-0.25, -0.2) is 4.68 Å². The molecule has 1 unspecified atom stereocenters. The number of nitrogens with one attached hydrogen (secondary N) is 2. The predicted octanol–water partition coefficient (Wildman–Crippen LogP) is 2.31. The molecule has 2 aliphatic rings. The van der Waals surface area contributed by atoms with Crippen molar-refractivity contribution in [3.63, 3.8) is 0 Å². The Kier molecular flexibility index (Phi) is 6.77. The molecule has 0 aliphatic carbocycles. The van der Waals surface area contributed by atoms with E-state index in [2.05, 4.69) is 20.7 Å². The van der Waals surface area contributed by atoms with Gasteiger partial charge >= 0.3 is 0 Å². The Balaban J connectivity index is 0.00000256. The minimum Gasteiger partial charge on any atom is -0.317 e. The number of carbonyl (C=O) groups is 2. The summed E-state index contributed by atoms with van der Waals surface area (Å²) in [6.07, 6.45) is 2.21. The standard InChI is InChI=1S/C21H28N6O2.ClH/c1-13-5-4-6-17(14(13)2)27-12-16(11-18(27)28)20(29)24-21-23-19(25-26(21)3)15-7-9-22-10-8-15;/h4-6,15-16,22H,7-12H2,1-3H3,(H,23,24,25,29);1H. The number of piperidine rings is 1. The Labute approximate surface area is 182 Å². The normalized spacial score (nSPS) is 19.6. The van der Waals surface area contributed by atoms with Crippen LogP contribution in [0, 0.1) is 19.8 Å². The number of rotatable bonds is 4. The van der Waals surface area contributed by atoms with Crippen molar-refractivity contribution in [1.29, 1.82) is 0 Å². The topological polar surface area (TPSA) is 92.2 Å². The summed E-state index contributed by atoms with van der Waals surface area (Å²) < 4.78 is 1.62. The van der Waals surface area contributed by atoms with Crippen LogP contribution in [0.15, 0.2) is 18.2 Å². The van der Waals surface area contributed by atoms with Gasteiger partial charge in [-0.05, 0) is 57.0 Å². The molecule has 1 aromatic carbocycles. The van der Waals surface area contributed by atoms with Gasteiger partial charge < -0.3 is 10.2 Å². The van der Waals surface area contributed by atoms with Crippen LogP contribution in [-0.4, -0.2) is 46.2 Å². The molecule has 2 aromatic rings. The SMILES string of the molecule is Cc1cccc(N2CC(C(=O)Nc3nc(C4CCNCC4)nn3C)CC2=O)c1C.Cl. The summed E-state index contributed by atoms with van der Waals surface area (Å²) >= 11 is 0. The van der Waals surface area contributed by atoms with Crippen LogP contribution < -0.4 is 15.5 Å². The summed E-state index contributed by atoms with van der Waals surface area (Å²) in [6, 6.07) is 5.91. The number of amides is 2. The fraction of sp³-hybridized carbons (Fsp3) is 0.524. The Morgan fingerprint density at radius 3 is 2.70 bits per heavy atom. The van der Waals surface area contributed by atoms with Gasteiger partial charge in [-0.15, -0.1) is 12.4 Å². The van der Waals surface area contributed by atoms with Crippen LogP contribution in [0.1, 0.15) is 42.1 Å². The van der Waals surface area contributed by atoms with E-state index >= 15 is 0 Å². The summed E-state index contributed by atoms with van der Waals surface area (Å²) in [5.41, 5.74) is 3.09. The zero-order valence-electron chi connectivity index (χ0n) is 17.6. The molecule has 2 aliphatic heterocycles. The van der Waals surface area contributed by atoms with Crippen LogP contribution in [0.4, 0.5) is 11.6 Å². The first-order valence-corrected chi connectivity index (χ1v) is 10.2. The molecule has 162 valence electrons. The first-order chi connectivity index (χ1) is 13.9. The van der Waals surface area contributed by atoms with Crippen molar-refractivity contribution in [2.75, 3.05) is 29.9 Å². The Hall–Kier alpha value is -2.45. The van der Waals surface area contributed by atoms with Crippen LogP contribution >= 0.6 is 12.4 Å². The van der Waals surface area contributed by atoms with Crippen molar-refractivity contribution in [3.05, 3.63) is 35.2 Å². The highest BCUT2D eigenvalue weighted by Gasteiger charge is 2.36. The van der Waals surface area contributed by atoms with E-state index in [-0.39, 0.29) is 30.6 Å². The largest absolute Gasteiger partial charge is 0.317 e. The molecule has 2 saturated heterocycles. The van der Waals surface area contributed by atoms with Gasteiger partial charge in [0.25, 0.3) is 0 Å². The van der Waals surface area contributed by atoms with Crippen molar-refractivity contribution < 1.29 is 9.59 Å². The maximum atomic E-state index is 12.8. The number of aromatic nitrogens is 3. The third-order valence-corrected chi connectivity index (χ3v) is 6.08. The molecule has 4 rings (SSSR count). The molecule has 1 atom stereocenters. The molecule has 0 saturated carbocycles. The van der Waals surface area contributed by atoms with Crippen molar-refractivity contribution in [2.45, 2.75) is 39.0 Å². The average Bonchev–Trinajstić information content (AvgIpc) is 3.28. The van der Waals surface area contributed by atoms with E-state index in [0.717, 1.165) is 48.6 Å². The highest BCUT2D eigenvalue weighted by atomic mass is 35.5. The van der Waals surface area contributed by atoms with Gasteiger partial charge in [0.05, 0.1) is 5.92 Å². The zero-order chi connectivity index (χ0) is 20.5. The fourth-order valence-electron chi connectivity index (χ4n) is 4.12. The zero-order valence-corrected chi connectivity index (χ0v) is 18.5. The number of carbonyl (C=O) groups excluding carboxylic acids is 2. The maximum absolute atomic E-state index is 12.8. The predicted molar refractivity (Wildman–Crippen MR) is 118 cm³/mol. The summed E-state index contributed by atoms with van der Waals surface area (Å²) in [7, 11) is 1.79. The minimum absolute atomic E-state index is 0. The van der Waals surface area contributed by atoms with Crippen molar-refractivity contribution >= 4 is 35.9 Å². The lowest BCUT2D eigenvalue weighted by molar-refractivity contribution is -0.122. The Morgan fingerprint density at radius 2 is 1.97 bits per heavy atom. The average molecular weight is 433 g/mol. The highest BCUT2D eigenvalue weighted by Crippen LogP contribution is 2.30. The van der Waals surface area contributed by atoms with Gasteiger partial charge in [0.1, 0.15) is 0 Å². The lowest BCUT2D eigenvalue weighted by atomic mass is 9.98. The lowest BCUT2D eigenvalue weighted by Crippen LogP contribution is -2.29.